The maximum atomic E-state index is 11.9. The van der Waals surface area contributed by atoms with Crippen molar-refractivity contribution < 1.29 is 45.7 Å². The molecule has 0 aromatic rings. The third-order valence-electron chi connectivity index (χ3n) is 4.59. The van der Waals surface area contributed by atoms with Crippen molar-refractivity contribution in [3.8, 4) is 0 Å². The van der Waals surface area contributed by atoms with Crippen LogP contribution < -0.4 is 40.6 Å². The zero-order valence-corrected chi connectivity index (χ0v) is 19.2. The average Bonchev–Trinajstić information content (AvgIpc) is 2.58. The van der Waals surface area contributed by atoms with E-state index in [0.29, 0.717) is 19.4 Å². The molecule has 1 amide bonds. The van der Waals surface area contributed by atoms with E-state index in [9.17, 15) is 9.59 Å². The minimum Gasteiger partial charge on any atom is -1.00 e. The van der Waals surface area contributed by atoms with Crippen molar-refractivity contribution in [2.45, 2.75) is 109 Å². The SMILES string of the molecule is CCCCCCCCCCCCCC(=O)N[C@@H](CCCCN)C(=O)O.[H-].[Na+]. The fourth-order valence-electron chi connectivity index (χ4n) is 2.97. The number of unbranched alkanes of at least 4 members (excludes halogenated alkanes) is 11. The molecule has 6 heteroatoms. The minimum absolute atomic E-state index is 0. The first-order chi connectivity index (χ1) is 12.1. The van der Waals surface area contributed by atoms with E-state index in [4.69, 9.17) is 10.8 Å². The molecule has 0 aromatic heterocycles. The number of aliphatic carboxylic acids is 1. The summed E-state index contributed by atoms with van der Waals surface area (Å²) in [5.74, 6) is -1.10. The number of carbonyl (C=O) groups is 2. The van der Waals surface area contributed by atoms with Crippen LogP contribution in [-0.2, 0) is 9.59 Å². The van der Waals surface area contributed by atoms with Gasteiger partial charge in [0, 0.05) is 6.42 Å². The third kappa shape index (κ3) is 18.7. The van der Waals surface area contributed by atoms with Gasteiger partial charge in [0.2, 0.25) is 5.91 Å². The van der Waals surface area contributed by atoms with Crippen LogP contribution in [0, 0.1) is 0 Å². The van der Waals surface area contributed by atoms with Crippen molar-refractivity contribution >= 4 is 11.9 Å². The maximum absolute atomic E-state index is 11.9. The van der Waals surface area contributed by atoms with Crippen LogP contribution in [0.5, 0.6) is 0 Å². The number of carboxylic acids is 1. The van der Waals surface area contributed by atoms with Crippen LogP contribution in [0.25, 0.3) is 0 Å². The summed E-state index contributed by atoms with van der Waals surface area (Å²) >= 11 is 0. The minimum atomic E-state index is -0.954. The van der Waals surface area contributed by atoms with Crippen molar-refractivity contribution in [2.75, 3.05) is 6.54 Å². The van der Waals surface area contributed by atoms with Crippen molar-refractivity contribution in [2.24, 2.45) is 5.73 Å². The number of carboxylic acid groups (broad SMARTS) is 1. The molecule has 0 aliphatic heterocycles. The van der Waals surface area contributed by atoms with E-state index in [-0.39, 0.29) is 36.9 Å². The van der Waals surface area contributed by atoms with Gasteiger partial charge in [0.05, 0.1) is 0 Å². The Kier molecular flexibility index (Phi) is 22.9. The predicted octanol–water partition coefficient (Wildman–Crippen LogP) is 1.50. The molecule has 0 rings (SSSR count). The third-order valence-corrected chi connectivity index (χ3v) is 4.59. The zero-order valence-electron chi connectivity index (χ0n) is 18.2. The molecular formula is C20H41N2NaO3. The van der Waals surface area contributed by atoms with Gasteiger partial charge in [-0.3, -0.25) is 4.79 Å². The van der Waals surface area contributed by atoms with Gasteiger partial charge >= 0.3 is 35.5 Å². The summed E-state index contributed by atoms with van der Waals surface area (Å²) in [5.41, 5.74) is 5.41. The Bertz CT molecular complexity index is 347. The summed E-state index contributed by atoms with van der Waals surface area (Å²) < 4.78 is 0. The van der Waals surface area contributed by atoms with Crippen molar-refractivity contribution in [3.05, 3.63) is 0 Å². The van der Waals surface area contributed by atoms with Crippen molar-refractivity contribution in [3.63, 3.8) is 0 Å². The van der Waals surface area contributed by atoms with Crippen LogP contribution in [0.4, 0.5) is 0 Å². The molecule has 5 nitrogen and oxygen atoms in total. The van der Waals surface area contributed by atoms with E-state index < -0.39 is 12.0 Å². The fourth-order valence-corrected chi connectivity index (χ4v) is 2.97. The molecule has 0 fully saturated rings. The second kappa shape index (κ2) is 21.2. The molecule has 0 saturated heterocycles. The van der Waals surface area contributed by atoms with Crippen LogP contribution in [0.1, 0.15) is 105 Å². The Labute approximate surface area is 184 Å². The van der Waals surface area contributed by atoms with Gasteiger partial charge in [-0.25, -0.2) is 4.79 Å². The molecule has 0 aromatic carbocycles. The second-order valence-electron chi connectivity index (χ2n) is 7.03. The number of carbonyl (C=O) groups excluding carboxylic acids is 1. The largest absolute Gasteiger partial charge is 1.00 e. The topological polar surface area (TPSA) is 92.4 Å². The van der Waals surface area contributed by atoms with E-state index in [1.54, 1.807) is 0 Å². The maximum Gasteiger partial charge on any atom is 1.00 e. The molecule has 150 valence electrons. The summed E-state index contributed by atoms with van der Waals surface area (Å²) in [7, 11) is 0. The number of amides is 1. The van der Waals surface area contributed by atoms with Crippen molar-refractivity contribution in [1.82, 2.24) is 5.32 Å². The molecule has 0 unspecified atom stereocenters. The first-order valence-electron chi connectivity index (χ1n) is 10.3. The molecule has 0 aliphatic rings. The first-order valence-corrected chi connectivity index (χ1v) is 10.3. The quantitative estimate of drug-likeness (QED) is 0.248. The Morgan fingerprint density at radius 3 is 1.85 bits per heavy atom. The van der Waals surface area contributed by atoms with E-state index in [1.165, 1.54) is 57.8 Å². The van der Waals surface area contributed by atoms with Gasteiger partial charge in [-0.15, -0.1) is 0 Å². The van der Waals surface area contributed by atoms with Crippen LogP contribution in [-0.4, -0.2) is 29.6 Å². The van der Waals surface area contributed by atoms with Crippen LogP contribution in [0.15, 0.2) is 0 Å². The summed E-state index contributed by atoms with van der Waals surface area (Å²) in [4.78, 5) is 23.0. The number of rotatable bonds is 18. The standard InChI is InChI=1S/C20H40N2O3.Na.H/c1-2-3-4-5-6-7-8-9-10-11-12-16-19(23)22-18(20(24)25)15-13-14-17-21;;/h18H,2-17,21H2,1H3,(H,22,23)(H,24,25);;/q;+1;-1/t18-;;/m0../s1. The average molecular weight is 381 g/mol. The zero-order chi connectivity index (χ0) is 18.8. The Balaban J connectivity index is -0.00000288. The Morgan fingerprint density at radius 1 is 0.885 bits per heavy atom. The van der Waals surface area contributed by atoms with Crippen LogP contribution >= 0.6 is 0 Å². The van der Waals surface area contributed by atoms with Gasteiger partial charge < -0.3 is 17.6 Å². The summed E-state index contributed by atoms with van der Waals surface area (Å²) in [6.07, 6.45) is 16.1. The van der Waals surface area contributed by atoms with Gasteiger partial charge in [-0.1, -0.05) is 71.1 Å². The monoisotopic (exact) mass is 380 g/mol. The molecule has 0 aliphatic carbocycles. The molecular weight excluding hydrogens is 339 g/mol. The smallest absolute Gasteiger partial charge is 1.00 e. The van der Waals surface area contributed by atoms with E-state index in [2.05, 4.69) is 12.2 Å². The van der Waals surface area contributed by atoms with Gasteiger partial charge in [-0.05, 0) is 32.2 Å². The van der Waals surface area contributed by atoms with Crippen molar-refractivity contribution in [1.29, 1.82) is 0 Å². The first kappa shape index (κ1) is 28.1. The second-order valence-corrected chi connectivity index (χ2v) is 7.03. The molecule has 1 atom stereocenters. The predicted molar refractivity (Wildman–Crippen MR) is 105 cm³/mol. The Hall–Kier alpha value is -0.100. The van der Waals surface area contributed by atoms with E-state index >= 15 is 0 Å². The van der Waals surface area contributed by atoms with Gasteiger partial charge in [0.25, 0.3) is 0 Å². The molecule has 26 heavy (non-hydrogen) atoms. The number of hydrogen-bond donors (Lipinski definition) is 3. The van der Waals surface area contributed by atoms with Gasteiger partial charge in [-0.2, -0.15) is 0 Å². The molecule has 0 radical (unpaired) electrons. The summed E-state index contributed by atoms with van der Waals surface area (Å²) in [6, 6.07) is -0.772. The summed E-state index contributed by atoms with van der Waals surface area (Å²) in [6.45, 7) is 2.79. The van der Waals surface area contributed by atoms with Crippen LogP contribution in [0.3, 0.4) is 0 Å². The van der Waals surface area contributed by atoms with Crippen LogP contribution in [0.2, 0.25) is 0 Å². The molecule has 0 saturated carbocycles. The van der Waals surface area contributed by atoms with Gasteiger partial charge in [0.1, 0.15) is 6.04 Å². The molecule has 0 spiro atoms. The number of nitrogens with one attached hydrogen (secondary N) is 1. The van der Waals surface area contributed by atoms with E-state index in [1.807, 2.05) is 0 Å². The molecule has 0 heterocycles. The summed E-state index contributed by atoms with van der Waals surface area (Å²) in [5, 5.41) is 11.8. The number of nitrogens with two attached hydrogens (primary N) is 1. The normalized spacial score (nSPS) is 11.6. The molecule has 4 N–H and O–H groups in total. The number of hydrogen-bond acceptors (Lipinski definition) is 3. The molecule has 0 bridgehead atoms. The fraction of sp³-hybridized carbons (Fsp3) is 0.900. The van der Waals surface area contributed by atoms with E-state index in [0.717, 1.165) is 25.7 Å². The Morgan fingerprint density at radius 2 is 1.38 bits per heavy atom. The van der Waals surface area contributed by atoms with Gasteiger partial charge in [0.15, 0.2) is 0 Å².